The molecule has 1 aliphatic heterocycles. The summed E-state index contributed by atoms with van der Waals surface area (Å²) in [5.74, 6) is 1.88. The van der Waals surface area contributed by atoms with E-state index in [1.54, 1.807) is 42.9 Å². The molecule has 1 fully saturated rings. The van der Waals surface area contributed by atoms with Crippen LogP contribution in [-0.2, 0) is 10.0 Å². The Morgan fingerprint density at radius 3 is 2.56 bits per heavy atom. The number of nitrogens with zero attached hydrogens (tertiary/aromatic N) is 3. The van der Waals surface area contributed by atoms with Crippen LogP contribution in [0.5, 0.6) is 5.75 Å². The van der Waals surface area contributed by atoms with Gasteiger partial charge in [0.05, 0.1) is 17.7 Å². The average molecular weight is 391 g/mol. The van der Waals surface area contributed by atoms with Crippen LogP contribution < -0.4 is 14.4 Å². The molecule has 27 heavy (non-hydrogen) atoms. The number of aromatic nitrogens is 2. The van der Waals surface area contributed by atoms with Crippen LogP contribution in [0.25, 0.3) is 0 Å². The van der Waals surface area contributed by atoms with E-state index < -0.39 is 10.0 Å². The van der Waals surface area contributed by atoms with E-state index in [-0.39, 0.29) is 4.90 Å². The SMILES string of the molecule is CCCOc1ccc(S(=O)(=O)NCC2CCN(c3cnccn3)CC2)cc1. The Balaban J connectivity index is 1.49. The number of anilines is 1. The molecule has 1 saturated heterocycles. The maximum absolute atomic E-state index is 12.5. The van der Waals surface area contributed by atoms with Crippen LogP contribution in [0.15, 0.2) is 47.8 Å². The van der Waals surface area contributed by atoms with E-state index in [1.807, 2.05) is 6.92 Å². The average Bonchev–Trinajstić information content (AvgIpc) is 2.72. The number of hydrogen-bond donors (Lipinski definition) is 1. The second kappa shape index (κ2) is 9.14. The zero-order valence-corrected chi connectivity index (χ0v) is 16.4. The summed E-state index contributed by atoms with van der Waals surface area (Å²) in [6.45, 7) is 4.81. The molecule has 2 aromatic rings. The first-order valence-corrected chi connectivity index (χ1v) is 10.8. The lowest BCUT2D eigenvalue weighted by molar-refractivity contribution is 0.317. The van der Waals surface area contributed by atoms with E-state index in [1.165, 1.54) is 0 Å². The highest BCUT2D eigenvalue weighted by molar-refractivity contribution is 7.89. The van der Waals surface area contributed by atoms with Crippen LogP contribution in [0.4, 0.5) is 5.82 Å². The number of hydrogen-bond acceptors (Lipinski definition) is 6. The maximum Gasteiger partial charge on any atom is 0.240 e. The predicted octanol–water partition coefficient (Wildman–Crippen LogP) is 2.46. The molecule has 1 aromatic carbocycles. The maximum atomic E-state index is 12.5. The summed E-state index contributed by atoms with van der Waals surface area (Å²) < 4.78 is 33.3. The molecule has 0 spiro atoms. The first-order chi connectivity index (χ1) is 13.1. The molecule has 1 aliphatic rings. The highest BCUT2D eigenvalue weighted by Gasteiger charge is 2.22. The van der Waals surface area contributed by atoms with Gasteiger partial charge in [-0.15, -0.1) is 0 Å². The van der Waals surface area contributed by atoms with Crippen molar-refractivity contribution >= 4 is 15.8 Å². The Labute approximate surface area is 160 Å². The fourth-order valence-corrected chi connectivity index (χ4v) is 4.18. The molecule has 3 rings (SSSR count). The smallest absolute Gasteiger partial charge is 0.240 e. The number of piperidine rings is 1. The zero-order valence-electron chi connectivity index (χ0n) is 15.5. The summed E-state index contributed by atoms with van der Waals surface area (Å²) >= 11 is 0. The highest BCUT2D eigenvalue weighted by atomic mass is 32.2. The lowest BCUT2D eigenvalue weighted by Crippen LogP contribution is -2.39. The molecule has 7 nitrogen and oxygen atoms in total. The van der Waals surface area contributed by atoms with Crippen LogP contribution in [0, 0.1) is 5.92 Å². The Bertz CT molecular complexity index is 805. The molecular weight excluding hydrogens is 364 g/mol. The topological polar surface area (TPSA) is 84.4 Å². The van der Waals surface area contributed by atoms with Crippen molar-refractivity contribution in [1.82, 2.24) is 14.7 Å². The normalized spacial score (nSPS) is 15.7. The van der Waals surface area contributed by atoms with E-state index in [0.29, 0.717) is 24.8 Å². The molecule has 1 N–H and O–H groups in total. The number of ether oxygens (including phenoxy) is 1. The molecule has 0 radical (unpaired) electrons. The van der Waals surface area contributed by atoms with Crippen LogP contribution in [0.1, 0.15) is 26.2 Å². The van der Waals surface area contributed by atoms with Gasteiger partial charge < -0.3 is 9.64 Å². The van der Waals surface area contributed by atoms with Gasteiger partial charge in [0.1, 0.15) is 11.6 Å². The number of nitrogens with one attached hydrogen (secondary N) is 1. The highest BCUT2D eigenvalue weighted by Crippen LogP contribution is 2.21. The largest absolute Gasteiger partial charge is 0.494 e. The van der Waals surface area contributed by atoms with Crippen molar-refractivity contribution < 1.29 is 13.2 Å². The molecule has 2 heterocycles. The van der Waals surface area contributed by atoms with Gasteiger partial charge in [-0.05, 0) is 49.4 Å². The van der Waals surface area contributed by atoms with Gasteiger partial charge in [-0.2, -0.15) is 0 Å². The molecule has 1 aromatic heterocycles. The van der Waals surface area contributed by atoms with Crippen molar-refractivity contribution in [1.29, 1.82) is 0 Å². The lowest BCUT2D eigenvalue weighted by Gasteiger charge is -2.32. The lowest BCUT2D eigenvalue weighted by atomic mass is 9.97. The monoisotopic (exact) mass is 390 g/mol. The fraction of sp³-hybridized carbons (Fsp3) is 0.474. The molecule has 0 bridgehead atoms. The van der Waals surface area contributed by atoms with Crippen molar-refractivity contribution in [3.63, 3.8) is 0 Å². The van der Waals surface area contributed by atoms with E-state index >= 15 is 0 Å². The third-order valence-corrected chi connectivity index (χ3v) is 6.10. The van der Waals surface area contributed by atoms with Crippen molar-refractivity contribution in [3.05, 3.63) is 42.9 Å². The minimum absolute atomic E-state index is 0.267. The number of benzene rings is 1. The number of sulfonamides is 1. The Morgan fingerprint density at radius 2 is 1.93 bits per heavy atom. The molecule has 0 atom stereocenters. The first-order valence-electron chi connectivity index (χ1n) is 9.32. The van der Waals surface area contributed by atoms with Gasteiger partial charge in [-0.1, -0.05) is 6.92 Å². The Kier molecular flexibility index (Phi) is 6.63. The quantitative estimate of drug-likeness (QED) is 0.745. The molecule has 0 unspecified atom stereocenters. The van der Waals surface area contributed by atoms with Crippen molar-refractivity contribution in [2.24, 2.45) is 5.92 Å². The fourth-order valence-electron chi connectivity index (χ4n) is 3.07. The summed E-state index contributed by atoms with van der Waals surface area (Å²) in [6, 6.07) is 6.57. The summed E-state index contributed by atoms with van der Waals surface area (Å²) in [6.07, 6.45) is 7.86. The molecule has 0 aliphatic carbocycles. The van der Waals surface area contributed by atoms with Gasteiger partial charge in [0, 0.05) is 32.0 Å². The molecule has 8 heteroatoms. The predicted molar refractivity (Wildman–Crippen MR) is 104 cm³/mol. The van der Waals surface area contributed by atoms with E-state index in [9.17, 15) is 8.42 Å². The third kappa shape index (κ3) is 5.40. The van der Waals surface area contributed by atoms with E-state index in [4.69, 9.17) is 4.74 Å². The summed E-state index contributed by atoms with van der Waals surface area (Å²) in [7, 11) is -3.50. The second-order valence-corrected chi connectivity index (χ2v) is 8.43. The van der Waals surface area contributed by atoms with Gasteiger partial charge in [0.15, 0.2) is 0 Å². The number of rotatable bonds is 8. The molecular formula is C19H26N4O3S. The van der Waals surface area contributed by atoms with Crippen LogP contribution in [0.2, 0.25) is 0 Å². The Hall–Kier alpha value is -2.19. The Morgan fingerprint density at radius 1 is 1.19 bits per heavy atom. The second-order valence-electron chi connectivity index (χ2n) is 6.67. The standard InChI is InChI=1S/C19H26N4O3S/c1-2-13-26-17-3-5-18(6-4-17)27(24,25)22-14-16-7-11-23(12-8-16)19-15-20-9-10-21-19/h3-6,9-10,15-16,22H,2,7-8,11-14H2,1H3. The van der Waals surface area contributed by atoms with Gasteiger partial charge >= 0.3 is 0 Å². The summed E-state index contributed by atoms with van der Waals surface area (Å²) in [4.78, 5) is 10.9. The van der Waals surface area contributed by atoms with Gasteiger partial charge in [0.2, 0.25) is 10.0 Å². The van der Waals surface area contributed by atoms with Gasteiger partial charge in [0.25, 0.3) is 0 Å². The molecule has 0 amide bonds. The summed E-state index contributed by atoms with van der Waals surface area (Å²) in [5.41, 5.74) is 0. The van der Waals surface area contributed by atoms with Gasteiger partial charge in [-0.3, -0.25) is 4.98 Å². The van der Waals surface area contributed by atoms with Crippen molar-refractivity contribution in [2.45, 2.75) is 31.1 Å². The zero-order chi connectivity index (χ0) is 19.1. The minimum atomic E-state index is -3.50. The summed E-state index contributed by atoms with van der Waals surface area (Å²) in [5, 5.41) is 0. The third-order valence-electron chi connectivity index (χ3n) is 4.66. The van der Waals surface area contributed by atoms with Crippen molar-refractivity contribution in [2.75, 3.05) is 31.1 Å². The van der Waals surface area contributed by atoms with Crippen LogP contribution >= 0.6 is 0 Å². The minimum Gasteiger partial charge on any atom is -0.494 e. The first kappa shape index (κ1) is 19.6. The van der Waals surface area contributed by atoms with Gasteiger partial charge in [-0.25, -0.2) is 18.1 Å². The van der Waals surface area contributed by atoms with Crippen LogP contribution in [-0.4, -0.2) is 44.6 Å². The van der Waals surface area contributed by atoms with E-state index in [2.05, 4.69) is 19.6 Å². The van der Waals surface area contributed by atoms with Crippen LogP contribution in [0.3, 0.4) is 0 Å². The molecule has 146 valence electrons. The van der Waals surface area contributed by atoms with Crippen molar-refractivity contribution in [3.8, 4) is 5.75 Å². The van der Waals surface area contributed by atoms with E-state index in [0.717, 1.165) is 38.2 Å². The molecule has 0 saturated carbocycles.